The van der Waals surface area contributed by atoms with Crippen LogP contribution < -0.4 is 10.6 Å². The molecule has 1 aromatic rings. The minimum Gasteiger partial charge on any atom is -0.383 e. The van der Waals surface area contributed by atoms with Gasteiger partial charge in [0.2, 0.25) is 5.91 Å². The number of methoxy groups -OCH3 is 1. The van der Waals surface area contributed by atoms with Crippen molar-refractivity contribution >= 4 is 24.4 Å². The predicted molar refractivity (Wildman–Crippen MR) is 75.5 cm³/mol. The Balaban J connectivity index is 2.36. The molecule has 110 valence electrons. The van der Waals surface area contributed by atoms with Crippen molar-refractivity contribution in [2.75, 3.05) is 26.8 Å². The molecule has 0 aromatic heterocycles. The minimum absolute atomic E-state index is 0.0858. The molecule has 2 amide bonds. The summed E-state index contributed by atoms with van der Waals surface area (Å²) >= 11 is 4.04. The van der Waals surface area contributed by atoms with Crippen LogP contribution in [-0.2, 0) is 9.53 Å². The van der Waals surface area contributed by atoms with Gasteiger partial charge in [-0.05, 0) is 18.2 Å². The highest BCUT2D eigenvalue weighted by Crippen LogP contribution is 2.13. The summed E-state index contributed by atoms with van der Waals surface area (Å²) in [6, 6.07) is 3.97. The summed E-state index contributed by atoms with van der Waals surface area (Å²) in [5.41, 5.74) is -0.0858. The Morgan fingerprint density at radius 2 is 2.05 bits per heavy atom. The van der Waals surface area contributed by atoms with E-state index in [1.807, 2.05) is 0 Å². The van der Waals surface area contributed by atoms with Crippen LogP contribution in [0.5, 0.6) is 0 Å². The normalized spacial score (nSPS) is 10.2. The average molecular weight is 300 g/mol. The SMILES string of the molecule is COCCNC(=O)CCNC(=O)c1cc(S)ccc1F. The van der Waals surface area contributed by atoms with Gasteiger partial charge >= 0.3 is 0 Å². The maximum Gasteiger partial charge on any atom is 0.254 e. The Morgan fingerprint density at radius 1 is 1.30 bits per heavy atom. The molecule has 20 heavy (non-hydrogen) atoms. The standard InChI is InChI=1S/C13H17FN2O3S/c1-19-7-6-15-12(17)4-5-16-13(18)10-8-9(20)2-3-11(10)14/h2-3,8,20H,4-7H2,1H3,(H,15,17)(H,16,18). The van der Waals surface area contributed by atoms with Gasteiger partial charge in [0.15, 0.2) is 0 Å². The van der Waals surface area contributed by atoms with E-state index in [2.05, 4.69) is 23.3 Å². The molecule has 0 radical (unpaired) electrons. The molecule has 0 saturated heterocycles. The van der Waals surface area contributed by atoms with E-state index in [1.165, 1.54) is 25.3 Å². The van der Waals surface area contributed by atoms with Gasteiger partial charge in [0.05, 0.1) is 12.2 Å². The zero-order valence-electron chi connectivity index (χ0n) is 11.1. The molecule has 0 atom stereocenters. The molecule has 0 heterocycles. The second kappa shape index (κ2) is 8.55. The third-order valence-corrected chi connectivity index (χ3v) is 2.74. The fraction of sp³-hybridized carbons (Fsp3) is 0.385. The first-order valence-electron chi connectivity index (χ1n) is 6.07. The lowest BCUT2D eigenvalue weighted by atomic mass is 10.2. The highest BCUT2D eigenvalue weighted by atomic mass is 32.1. The Hall–Kier alpha value is -1.60. The molecule has 0 spiro atoms. The monoisotopic (exact) mass is 300 g/mol. The summed E-state index contributed by atoms with van der Waals surface area (Å²) < 4.78 is 18.2. The molecule has 1 aromatic carbocycles. The number of halogens is 1. The minimum atomic E-state index is -0.621. The van der Waals surface area contributed by atoms with Gasteiger partial charge in [-0.15, -0.1) is 12.6 Å². The molecule has 0 aliphatic carbocycles. The molecule has 0 fully saturated rings. The summed E-state index contributed by atoms with van der Waals surface area (Å²) in [6.07, 6.45) is 0.123. The fourth-order valence-corrected chi connectivity index (χ4v) is 1.66. The van der Waals surface area contributed by atoms with E-state index in [-0.39, 0.29) is 24.4 Å². The van der Waals surface area contributed by atoms with Crippen LogP contribution in [-0.4, -0.2) is 38.6 Å². The Morgan fingerprint density at radius 3 is 2.75 bits per heavy atom. The van der Waals surface area contributed by atoms with Crippen LogP contribution in [0.2, 0.25) is 0 Å². The van der Waals surface area contributed by atoms with E-state index in [0.717, 1.165) is 0 Å². The third-order valence-electron chi connectivity index (χ3n) is 2.46. The average Bonchev–Trinajstić information content (AvgIpc) is 2.41. The Labute approximate surface area is 122 Å². The zero-order valence-corrected chi connectivity index (χ0v) is 12.0. The first kappa shape index (κ1) is 16.5. The second-order valence-corrected chi connectivity index (χ2v) is 4.53. The van der Waals surface area contributed by atoms with Crippen molar-refractivity contribution in [3.63, 3.8) is 0 Å². The van der Waals surface area contributed by atoms with Crippen molar-refractivity contribution in [3.05, 3.63) is 29.6 Å². The van der Waals surface area contributed by atoms with Gasteiger partial charge in [-0.2, -0.15) is 0 Å². The molecule has 0 aliphatic heterocycles. The van der Waals surface area contributed by atoms with Gasteiger partial charge in [0.1, 0.15) is 5.82 Å². The van der Waals surface area contributed by atoms with E-state index < -0.39 is 11.7 Å². The number of carbonyl (C=O) groups excluding carboxylic acids is 2. The largest absolute Gasteiger partial charge is 0.383 e. The first-order valence-corrected chi connectivity index (χ1v) is 6.51. The van der Waals surface area contributed by atoms with Crippen LogP contribution in [0.4, 0.5) is 4.39 Å². The second-order valence-electron chi connectivity index (χ2n) is 4.01. The predicted octanol–water partition coefficient (Wildman–Crippen LogP) is 0.997. The van der Waals surface area contributed by atoms with Crippen molar-refractivity contribution in [1.29, 1.82) is 0 Å². The Kier molecular flexibility index (Phi) is 7.03. The number of carbonyl (C=O) groups is 2. The Bertz CT molecular complexity index is 483. The van der Waals surface area contributed by atoms with E-state index in [4.69, 9.17) is 4.74 Å². The van der Waals surface area contributed by atoms with Crippen LogP contribution in [0, 0.1) is 5.82 Å². The number of benzene rings is 1. The molecular weight excluding hydrogens is 283 g/mol. The number of hydrogen-bond donors (Lipinski definition) is 3. The van der Waals surface area contributed by atoms with E-state index in [1.54, 1.807) is 0 Å². The first-order chi connectivity index (χ1) is 9.54. The number of nitrogens with one attached hydrogen (secondary N) is 2. The lowest BCUT2D eigenvalue weighted by Gasteiger charge is -2.07. The molecule has 0 aliphatic rings. The van der Waals surface area contributed by atoms with Gasteiger partial charge in [-0.3, -0.25) is 9.59 Å². The lowest BCUT2D eigenvalue weighted by Crippen LogP contribution is -2.32. The van der Waals surface area contributed by atoms with Gasteiger partial charge in [-0.25, -0.2) is 4.39 Å². The van der Waals surface area contributed by atoms with Gasteiger partial charge in [-0.1, -0.05) is 0 Å². The summed E-state index contributed by atoms with van der Waals surface area (Å²) in [5.74, 6) is -1.39. The van der Waals surface area contributed by atoms with E-state index >= 15 is 0 Å². The van der Waals surface area contributed by atoms with E-state index in [0.29, 0.717) is 18.0 Å². The van der Waals surface area contributed by atoms with Crippen molar-refractivity contribution in [1.82, 2.24) is 10.6 Å². The highest BCUT2D eigenvalue weighted by Gasteiger charge is 2.12. The van der Waals surface area contributed by atoms with Gasteiger partial charge < -0.3 is 15.4 Å². The smallest absolute Gasteiger partial charge is 0.254 e. The molecule has 5 nitrogen and oxygen atoms in total. The van der Waals surface area contributed by atoms with Gasteiger partial charge in [0, 0.05) is 31.5 Å². The molecule has 0 bridgehead atoms. The summed E-state index contributed by atoms with van der Waals surface area (Å²) in [5, 5.41) is 5.10. The number of hydrogen-bond acceptors (Lipinski definition) is 4. The van der Waals surface area contributed by atoms with Gasteiger partial charge in [0.25, 0.3) is 5.91 Å². The maximum absolute atomic E-state index is 13.4. The van der Waals surface area contributed by atoms with Crippen molar-refractivity contribution in [2.24, 2.45) is 0 Å². The van der Waals surface area contributed by atoms with Crippen LogP contribution in [0.3, 0.4) is 0 Å². The molecule has 0 unspecified atom stereocenters. The van der Waals surface area contributed by atoms with Crippen molar-refractivity contribution < 1.29 is 18.7 Å². The molecule has 7 heteroatoms. The number of amides is 2. The van der Waals surface area contributed by atoms with Crippen molar-refractivity contribution in [3.8, 4) is 0 Å². The quantitative estimate of drug-likeness (QED) is 0.520. The number of ether oxygens (including phenoxy) is 1. The lowest BCUT2D eigenvalue weighted by molar-refractivity contribution is -0.121. The van der Waals surface area contributed by atoms with E-state index in [9.17, 15) is 14.0 Å². The molecule has 0 saturated carbocycles. The zero-order chi connectivity index (χ0) is 15.0. The van der Waals surface area contributed by atoms with Crippen LogP contribution in [0.25, 0.3) is 0 Å². The van der Waals surface area contributed by atoms with Crippen LogP contribution in [0.15, 0.2) is 23.1 Å². The topological polar surface area (TPSA) is 67.4 Å². The fourth-order valence-electron chi connectivity index (χ4n) is 1.45. The third kappa shape index (κ3) is 5.58. The summed E-state index contributed by atoms with van der Waals surface area (Å²) in [4.78, 5) is 23.6. The number of thiol groups is 1. The van der Waals surface area contributed by atoms with Crippen LogP contribution >= 0.6 is 12.6 Å². The molecular formula is C13H17FN2O3S. The maximum atomic E-state index is 13.4. The van der Waals surface area contributed by atoms with Crippen LogP contribution in [0.1, 0.15) is 16.8 Å². The summed E-state index contributed by atoms with van der Waals surface area (Å²) in [6.45, 7) is 0.978. The van der Waals surface area contributed by atoms with Crippen molar-refractivity contribution in [2.45, 2.75) is 11.3 Å². The number of rotatable bonds is 7. The molecule has 1 rings (SSSR count). The molecule has 2 N–H and O–H groups in total. The highest BCUT2D eigenvalue weighted by molar-refractivity contribution is 7.80. The summed E-state index contributed by atoms with van der Waals surface area (Å²) in [7, 11) is 1.54.